The largest absolute Gasteiger partial charge is 0.457 e. The van der Waals surface area contributed by atoms with Gasteiger partial charge in [0.2, 0.25) is 11.8 Å². The molecule has 9 heteroatoms. The molecular weight excluding hydrogens is 461 g/mol. The SMILES string of the molecule is O=C(NC(Cc1cnc[nH]1)C(=O)Nc1cccc(-c2ccc(Oc3ccc(F)cc3)cc2)n1)C1CC1. The third-order valence-electron chi connectivity index (χ3n) is 5.76. The van der Waals surface area contributed by atoms with Crippen molar-refractivity contribution in [1.82, 2.24) is 20.3 Å². The van der Waals surface area contributed by atoms with Gasteiger partial charge in [-0.05, 0) is 73.5 Å². The van der Waals surface area contributed by atoms with Gasteiger partial charge in [0.25, 0.3) is 0 Å². The molecule has 1 aliphatic carbocycles. The Labute approximate surface area is 207 Å². The lowest BCUT2D eigenvalue weighted by atomic mass is 10.1. The summed E-state index contributed by atoms with van der Waals surface area (Å²) in [7, 11) is 0. The van der Waals surface area contributed by atoms with Gasteiger partial charge in [-0.1, -0.05) is 6.07 Å². The van der Waals surface area contributed by atoms with Gasteiger partial charge in [0, 0.05) is 29.8 Å². The lowest BCUT2D eigenvalue weighted by molar-refractivity contribution is -0.127. The Morgan fingerprint density at radius 2 is 1.75 bits per heavy atom. The first-order valence-corrected chi connectivity index (χ1v) is 11.6. The van der Waals surface area contributed by atoms with Gasteiger partial charge in [-0.25, -0.2) is 14.4 Å². The fraction of sp³-hybridized carbons (Fsp3) is 0.185. The van der Waals surface area contributed by atoms with E-state index in [2.05, 4.69) is 25.6 Å². The summed E-state index contributed by atoms with van der Waals surface area (Å²) in [5, 5.41) is 5.68. The molecule has 3 N–H and O–H groups in total. The normalized spacial score (nSPS) is 13.6. The Balaban J connectivity index is 1.26. The van der Waals surface area contributed by atoms with Crippen molar-refractivity contribution in [3.8, 4) is 22.8 Å². The van der Waals surface area contributed by atoms with Gasteiger partial charge in [-0.2, -0.15) is 0 Å². The van der Waals surface area contributed by atoms with Gasteiger partial charge in [0.1, 0.15) is 29.2 Å². The summed E-state index contributed by atoms with van der Waals surface area (Å²) in [5.74, 6) is 0.700. The van der Waals surface area contributed by atoms with Gasteiger partial charge in [0.05, 0.1) is 12.0 Å². The number of hydrogen-bond acceptors (Lipinski definition) is 5. The molecule has 0 spiro atoms. The first-order chi connectivity index (χ1) is 17.5. The van der Waals surface area contributed by atoms with Crippen LogP contribution in [0.3, 0.4) is 0 Å². The number of aromatic amines is 1. The third kappa shape index (κ3) is 5.93. The second-order valence-corrected chi connectivity index (χ2v) is 8.59. The van der Waals surface area contributed by atoms with E-state index in [0.717, 1.165) is 24.1 Å². The van der Waals surface area contributed by atoms with Crippen LogP contribution in [0.1, 0.15) is 18.5 Å². The van der Waals surface area contributed by atoms with Crippen molar-refractivity contribution >= 4 is 17.6 Å². The monoisotopic (exact) mass is 485 g/mol. The molecular formula is C27H24FN5O3. The van der Waals surface area contributed by atoms with E-state index in [1.165, 1.54) is 18.5 Å². The van der Waals surface area contributed by atoms with E-state index in [4.69, 9.17) is 4.74 Å². The van der Waals surface area contributed by atoms with Crippen LogP contribution in [0.15, 0.2) is 79.3 Å². The third-order valence-corrected chi connectivity index (χ3v) is 5.76. The van der Waals surface area contributed by atoms with Crippen molar-refractivity contribution in [3.05, 3.63) is 90.8 Å². The van der Waals surface area contributed by atoms with Crippen molar-refractivity contribution in [2.45, 2.75) is 25.3 Å². The molecule has 36 heavy (non-hydrogen) atoms. The van der Waals surface area contributed by atoms with Gasteiger partial charge in [-0.3, -0.25) is 9.59 Å². The molecule has 2 aromatic heterocycles. The minimum Gasteiger partial charge on any atom is -0.457 e. The van der Waals surface area contributed by atoms with Crippen molar-refractivity contribution in [3.63, 3.8) is 0 Å². The van der Waals surface area contributed by atoms with Crippen LogP contribution < -0.4 is 15.4 Å². The average molecular weight is 486 g/mol. The quantitative estimate of drug-likeness (QED) is 0.324. The number of nitrogens with zero attached hydrogens (tertiary/aromatic N) is 2. The van der Waals surface area contributed by atoms with E-state index in [9.17, 15) is 14.0 Å². The molecule has 2 amide bonds. The van der Waals surface area contributed by atoms with Gasteiger partial charge in [0.15, 0.2) is 0 Å². The van der Waals surface area contributed by atoms with Crippen LogP contribution in [0.4, 0.5) is 10.2 Å². The van der Waals surface area contributed by atoms with Crippen molar-refractivity contribution in [2.24, 2.45) is 5.92 Å². The van der Waals surface area contributed by atoms with Crippen LogP contribution in [0.5, 0.6) is 11.5 Å². The molecule has 0 aliphatic heterocycles. The van der Waals surface area contributed by atoms with Crippen LogP contribution >= 0.6 is 0 Å². The zero-order valence-corrected chi connectivity index (χ0v) is 19.3. The highest BCUT2D eigenvalue weighted by atomic mass is 19.1. The lowest BCUT2D eigenvalue weighted by Gasteiger charge is -2.18. The number of H-pyrrole nitrogens is 1. The van der Waals surface area contributed by atoms with Gasteiger partial charge < -0.3 is 20.4 Å². The molecule has 5 rings (SSSR count). The standard InChI is InChI=1S/C27H24FN5O3/c28-19-8-12-22(13-9-19)36-21-10-6-17(7-11-21)23-2-1-3-25(31-23)33-27(35)24(14-20-15-29-16-30-20)32-26(34)18-4-5-18/h1-3,6-13,15-16,18,24H,4-5,14H2,(H,29,30)(H,32,34)(H,31,33,35). The first-order valence-electron chi connectivity index (χ1n) is 11.6. The number of ether oxygens (including phenoxy) is 1. The maximum atomic E-state index is 13.1. The number of carbonyl (C=O) groups excluding carboxylic acids is 2. The maximum Gasteiger partial charge on any atom is 0.248 e. The number of benzene rings is 2. The molecule has 1 unspecified atom stereocenters. The van der Waals surface area contributed by atoms with E-state index < -0.39 is 6.04 Å². The summed E-state index contributed by atoms with van der Waals surface area (Å²) in [6.07, 6.45) is 5.16. The number of hydrogen-bond donors (Lipinski definition) is 3. The molecule has 4 aromatic rings. The predicted molar refractivity (Wildman–Crippen MR) is 132 cm³/mol. The average Bonchev–Trinajstić information content (AvgIpc) is 3.62. The van der Waals surface area contributed by atoms with E-state index in [1.54, 1.807) is 42.6 Å². The van der Waals surface area contributed by atoms with E-state index >= 15 is 0 Å². The van der Waals surface area contributed by atoms with E-state index in [0.29, 0.717) is 29.4 Å². The molecule has 0 saturated heterocycles. The summed E-state index contributed by atoms with van der Waals surface area (Å²) in [6.45, 7) is 0. The van der Waals surface area contributed by atoms with Crippen molar-refractivity contribution < 1.29 is 18.7 Å². The Bertz CT molecular complexity index is 1340. The molecule has 2 aromatic carbocycles. The number of amides is 2. The molecule has 1 fully saturated rings. The minimum absolute atomic E-state index is 0.0153. The molecule has 0 radical (unpaired) electrons. The van der Waals surface area contributed by atoms with Gasteiger partial charge >= 0.3 is 0 Å². The summed E-state index contributed by atoms with van der Waals surface area (Å²) in [4.78, 5) is 36.9. The van der Waals surface area contributed by atoms with Crippen LogP contribution in [0.2, 0.25) is 0 Å². The Morgan fingerprint density at radius 1 is 1.03 bits per heavy atom. The Kier molecular flexibility index (Phi) is 6.70. The van der Waals surface area contributed by atoms with Crippen LogP contribution in [0, 0.1) is 11.7 Å². The molecule has 1 atom stereocenters. The molecule has 8 nitrogen and oxygen atoms in total. The Morgan fingerprint density at radius 3 is 2.42 bits per heavy atom. The smallest absolute Gasteiger partial charge is 0.248 e. The highest BCUT2D eigenvalue weighted by Crippen LogP contribution is 2.29. The summed E-state index contributed by atoms with van der Waals surface area (Å²) < 4.78 is 18.8. The van der Waals surface area contributed by atoms with Crippen LogP contribution in [-0.2, 0) is 16.0 Å². The minimum atomic E-state index is -0.758. The zero-order chi connectivity index (χ0) is 24.9. The second kappa shape index (κ2) is 10.4. The highest BCUT2D eigenvalue weighted by molar-refractivity contribution is 5.97. The van der Waals surface area contributed by atoms with Crippen molar-refractivity contribution in [1.29, 1.82) is 0 Å². The second-order valence-electron chi connectivity index (χ2n) is 8.59. The van der Waals surface area contributed by atoms with Crippen LogP contribution in [0.25, 0.3) is 11.3 Å². The highest BCUT2D eigenvalue weighted by Gasteiger charge is 2.33. The number of nitrogens with one attached hydrogen (secondary N) is 3. The van der Waals surface area contributed by atoms with E-state index in [1.807, 2.05) is 18.2 Å². The number of pyridine rings is 1. The predicted octanol–water partition coefficient (Wildman–Crippen LogP) is 4.48. The first kappa shape index (κ1) is 23.2. The number of carbonyl (C=O) groups is 2. The summed E-state index contributed by atoms with van der Waals surface area (Å²) in [5.41, 5.74) is 2.23. The Hall–Kier alpha value is -4.53. The molecule has 1 aliphatic rings. The maximum absolute atomic E-state index is 13.1. The molecule has 182 valence electrons. The fourth-order valence-electron chi connectivity index (χ4n) is 3.67. The number of rotatable bonds is 9. The summed E-state index contributed by atoms with van der Waals surface area (Å²) >= 11 is 0. The topological polar surface area (TPSA) is 109 Å². The number of aromatic nitrogens is 3. The number of anilines is 1. The van der Waals surface area contributed by atoms with Gasteiger partial charge in [-0.15, -0.1) is 0 Å². The fourth-order valence-corrected chi connectivity index (χ4v) is 3.67. The van der Waals surface area contributed by atoms with Crippen molar-refractivity contribution in [2.75, 3.05) is 5.32 Å². The molecule has 1 saturated carbocycles. The number of imidazole rings is 1. The molecule has 0 bridgehead atoms. The zero-order valence-electron chi connectivity index (χ0n) is 19.3. The lowest BCUT2D eigenvalue weighted by Crippen LogP contribution is -2.46. The summed E-state index contributed by atoms with van der Waals surface area (Å²) in [6, 6.07) is 17.7. The number of halogens is 1. The molecule has 2 heterocycles. The van der Waals surface area contributed by atoms with E-state index in [-0.39, 0.29) is 23.5 Å². The van der Waals surface area contributed by atoms with Crippen LogP contribution in [-0.4, -0.2) is 32.8 Å².